The Hall–Kier alpha value is -1.62. The van der Waals surface area contributed by atoms with Crippen molar-refractivity contribution in [1.29, 1.82) is 0 Å². The Labute approximate surface area is 144 Å². The van der Waals surface area contributed by atoms with E-state index in [1.165, 1.54) is 18.4 Å². The first kappa shape index (κ1) is 14.9. The number of halogens is 1. The predicted molar refractivity (Wildman–Crippen MR) is 93.7 cm³/mol. The third kappa shape index (κ3) is 3.20. The smallest absolute Gasteiger partial charge is 0.226 e. The van der Waals surface area contributed by atoms with Crippen LogP contribution in [0.5, 0.6) is 0 Å². The lowest BCUT2D eigenvalue weighted by Crippen LogP contribution is -2.22. The maximum absolute atomic E-state index is 5.93. The van der Waals surface area contributed by atoms with Crippen molar-refractivity contribution < 1.29 is 4.42 Å². The summed E-state index contributed by atoms with van der Waals surface area (Å²) in [6.45, 7) is 1.95. The Balaban J connectivity index is 1.50. The Morgan fingerprint density at radius 1 is 1.26 bits per heavy atom. The van der Waals surface area contributed by atoms with E-state index in [0.29, 0.717) is 11.9 Å². The minimum Gasteiger partial charge on any atom is -0.444 e. The Bertz CT molecular complexity index is 767. The lowest BCUT2D eigenvalue weighted by atomic mass is 10.1. The van der Waals surface area contributed by atoms with E-state index in [-0.39, 0.29) is 0 Å². The fraction of sp³-hybridized carbons (Fsp3) is 0.278. The Morgan fingerprint density at radius 2 is 2.13 bits per heavy atom. The first-order valence-electron chi connectivity index (χ1n) is 7.76. The van der Waals surface area contributed by atoms with Crippen LogP contribution in [0.15, 0.2) is 51.8 Å². The molecule has 0 saturated carbocycles. The largest absolute Gasteiger partial charge is 0.444 e. The first-order valence-corrected chi connectivity index (χ1v) is 9.08. The number of hydrogen-bond acceptors (Lipinski definition) is 4. The summed E-state index contributed by atoms with van der Waals surface area (Å²) >= 11 is 7.69. The van der Waals surface area contributed by atoms with E-state index in [1.54, 1.807) is 17.6 Å². The molecular formula is C18H17ClN2OS. The summed E-state index contributed by atoms with van der Waals surface area (Å²) < 4.78 is 5.65. The molecule has 1 aliphatic heterocycles. The van der Waals surface area contributed by atoms with Crippen molar-refractivity contribution in [2.45, 2.75) is 25.4 Å². The molecule has 0 bridgehead atoms. The third-order valence-corrected chi connectivity index (χ3v) is 5.25. The third-order valence-electron chi connectivity index (χ3n) is 4.30. The molecule has 1 saturated heterocycles. The van der Waals surface area contributed by atoms with Gasteiger partial charge in [0.1, 0.15) is 6.26 Å². The van der Waals surface area contributed by atoms with Crippen LogP contribution in [-0.2, 0) is 6.54 Å². The predicted octanol–water partition coefficient (Wildman–Crippen LogP) is 5.39. The highest BCUT2D eigenvalue weighted by Crippen LogP contribution is 2.34. The molecule has 5 heteroatoms. The van der Waals surface area contributed by atoms with Crippen LogP contribution in [0.1, 0.15) is 30.1 Å². The first-order chi connectivity index (χ1) is 11.3. The van der Waals surface area contributed by atoms with Gasteiger partial charge in [0.2, 0.25) is 5.89 Å². The van der Waals surface area contributed by atoms with E-state index in [9.17, 15) is 0 Å². The maximum atomic E-state index is 5.93. The van der Waals surface area contributed by atoms with Crippen LogP contribution in [0.4, 0.5) is 0 Å². The monoisotopic (exact) mass is 344 g/mol. The summed E-state index contributed by atoms with van der Waals surface area (Å²) in [6.07, 6.45) is 4.23. The van der Waals surface area contributed by atoms with Gasteiger partial charge in [-0.15, -0.1) is 0 Å². The summed E-state index contributed by atoms with van der Waals surface area (Å²) in [7, 11) is 0. The minimum atomic E-state index is 0.511. The van der Waals surface area contributed by atoms with Gasteiger partial charge >= 0.3 is 0 Å². The fourth-order valence-electron chi connectivity index (χ4n) is 3.17. The molecule has 0 radical (unpaired) electrons. The molecule has 0 unspecified atom stereocenters. The summed E-state index contributed by atoms with van der Waals surface area (Å²) in [5.41, 5.74) is 3.36. The Morgan fingerprint density at radius 3 is 2.91 bits per heavy atom. The minimum absolute atomic E-state index is 0.511. The second-order valence-electron chi connectivity index (χ2n) is 5.84. The Kier molecular flexibility index (Phi) is 4.21. The van der Waals surface area contributed by atoms with Gasteiger partial charge in [0.05, 0.1) is 5.69 Å². The summed E-state index contributed by atoms with van der Waals surface area (Å²) in [5, 5.41) is 5.13. The molecule has 4 rings (SSSR count). The summed E-state index contributed by atoms with van der Waals surface area (Å²) in [5.74, 6) is 0.656. The van der Waals surface area contributed by atoms with Crippen molar-refractivity contribution >= 4 is 22.9 Å². The molecule has 1 fully saturated rings. The van der Waals surface area contributed by atoms with Crippen LogP contribution in [0.25, 0.3) is 11.5 Å². The molecular weight excluding hydrogens is 328 g/mol. The fourth-order valence-corrected chi connectivity index (χ4v) is 4.00. The van der Waals surface area contributed by atoms with Gasteiger partial charge in [-0.1, -0.05) is 11.6 Å². The normalized spacial score (nSPS) is 18.6. The average molecular weight is 345 g/mol. The molecule has 3 heterocycles. The highest BCUT2D eigenvalue weighted by Gasteiger charge is 2.27. The summed E-state index contributed by atoms with van der Waals surface area (Å²) in [4.78, 5) is 7.13. The van der Waals surface area contributed by atoms with Gasteiger partial charge in [0.15, 0.2) is 0 Å². The number of nitrogens with zero attached hydrogens (tertiary/aromatic N) is 2. The topological polar surface area (TPSA) is 29.3 Å². The van der Waals surface area contributed by atoms with E-state index < -0.39 is 0 Å². The van der Waals surface area contributed by atoms with Crippen molar-refractivity contribution in [2.75, 3.05) is 6.54 Å². The zero-order valence-electron chi connectivity index (χ0n) is 12.6. The number of likely N-dealkylation sites (tertiary alicyclic amines) is 1. The van der Waals surface area contributed by atoms with E-state index in [0.717, 1.165) is 29.4 Å². The number of hydrogen-bond donors (Lipinski definition) is 0. The molecule has 0 amide bonds. The molecule has 3 aromatic rings. The average Bonchev–Trinajstić information content (AvgIpc) is 3.29. The number of thiophene rings is 1. The van der Waals surface area contributed by atoms with Crippen molar-refractivity contribution in [3.05, 3.63) is 63.6 Å². The lowest BCUT2D eigenvalue weighted by Gasteiger charge is -2.22. The second kappa shape index (κ2) is 6.48. The SMILES string of the molecule is Clc1ccc(-c2nc(CN3CCC[C@@H]3c3ccsc3)co2)cc1. The van der Waals surface area contributed by atoms with E-state index in [1.807, 2.05) is 24.3 Å². The van der Waals surface area contributed by atoms with Crippen molar-refractivity contribution in [3.63, 3.8) is 0 Å². The number of benzene rings is 1. The molecule has 2 aromatic heterocycles. The summed E-state index contributed by atoms with van der Waals surface area (Å²) in [6, 6.07) is 10.3. The van der Waals surface area contributed by atoms with Gasteiger partial charge in [-0.05, 0) is 66.0 Å². The van der Waals surface area contributed by atoms with Gasteiger partial charge in [-0.2, -0.15) is 11.3 Å². The lowest BCUT2D eigenvalue weighted by molar-refractivity contribution is 0.246. The van der Waals surface area contributed by atoms with Gasteiger partial charge in [-0.25, -0.2) is 4.98 Å². The van der Waals surface area contributed by atoms with Crippen molar-refractivity contribution in [2.24, 2.45) is 0 Å². The van der Waals surface area contributed by atoms with Crippen LogP contribution in [0, 0.1) is 0 Å². The van der Waals surface area contributed by atoms with Gasteiger partial charge < -0.3 is 4.42 Å². The van der Waals surface area contributed by atoms with Crippen molar-refractivity contribution in [1.82, 2.24) is 9.88 Å². The molecule has 23 heavy (non-hydrogen) atoms. The molecule has 118 valence electrons. The van der Waals surface area contributed by atoms with Gasteiger partial charge in [-0.3, -0.25) is 4.90 Å². The highest BCUT2D eigenvalue weighted by molar-refractivity contribution is 7.07. The quantitative estimate of drug-likeness (QED) is 0.635. The van der Waals surface area contributed by atoms with E-state index in [2.05, 4.69) is 26.7 Å². The zero-order chi connectivity index (χ0) is 15.6. The van der Waals surface area contributed by atoms with Crippen LogP contribution in [0.2, 0.25) is 5.02 Å². The van der Waals surface area contributed by atoms with Crippen LogP contribution >= 0.6 is 22.9 Å². The number of oxazole rings is 1. The molecule has 1 aliphatic rings. The zero-order valence-corrected chi connectivity index (χ0v) is 14.2. The standard InChI is InChI=1S/C18H17ClN2OS/c19-15-5-3-13(4-6-15)18-20-16(11-22-18)10-21-8-1-2-17(21)14-7-9-23-12-14/h3-7,9,11-12,17H,1-2,8,10H2/t17-/m1/s1. The highest BCUT2D eigenvalue weighted by atomic mass is 35.5. The molecule has 1 aromatic carbocycles. The molecule has 1 atom stereocenters. The van der Waals surface area contributed by atoms with E-state index in [4.69, 9.17) is 16.0 Å². The van der Waals surface area contributed by atoms with Gasteiger partial charge in [0.25, 0.3) is 0 Å². The van der Waals surface area contributed by atoms with Gasteiger partial charge in [0, 0.05) is 23.2 Å². The second-order valence-corrected chi connectivity index (χ2v) is 7.05. The van der Waals surface area contributed by atoms with Crippen LogP contribution < -0.4 is 0 Å². The molecule has 0 spiro atoms. The molecule has 3 nitrogen and oxygen atoms in total. The van der Waals surface area contributed by atoms with E-state index >= 15 is 0 Å². The number of aromatic nitrogens is 1. The maximum Gasteiger partial charge on any atom is 0.226 e. The van der Waals surface area contributed by atoms with Crippen LogP contribution in [-0.4, -0.2) is 16.4 Å². The molecule has 0 aliphatic carbocycles. The van der Waals surface area contributed by atoms with Crippen molar-refractivity contribution in [3.8, 4) is 11.5 Å². The number of rotatable bonds is 4. The van der Waals surface area contributed by atoms with Crippen LogP contribution in [0.3, 0.4) is 0 Å². The molecule has 0 N–H and O–H groups in total.